The molecular weight excluding hydrogens is 542 g/mol. The molecule has 0 aliphatic carbocycles. The topological polar surface area (TPSA) is 87.4 Å². The van der Waals surface area contributed by atoms with E-state index in [1.165, 1.54) is 45.9 Å². The highest BCUT2D eigenvalue weighted by Crippen LogP contribution is 2.28. The summed E-state index contributed by atoms with van der Waals surface area (Å²) < 4.78 is 25.0. The average Bonchev–Trinajstić information content (AvgIpc) is 2.78. The Morgan fingerprint density at radius 3 is 2.39 bits per heavy atom. The lowest BCUT2D eigenvalue weighted by Crippen LogP contribution is -2.24. The van der Waals surface area contributed by atoms with Crippen molar-refractivity contribution in [3.8, 4) is 17.2 Å². The highest BCUT2D eigenvalue weighted by molar-refractivity contribution is 14.1. The van der Waals surface area contributed by atoms with Gasteiger partial charge in [-0.15, -0.1) is 5.10 Å². The molecule has 170 valence electrons. The van der Waals surface area contributed by atoms with E-state index in [2.05, 4.69) is 10.4 Å². The van der Waals surface area contributed by atoms with Crippen molar-refractivity contribution < 1.29 is 13.9 Å². The second-order valence-electron chi connectivity index (χ2n) is 7.34. The number of rotatable bonds is 6. The Bertz CT molecular complexity index is 1440. The Hall–Kier alpha value is -3.41. The Labute approximate surface area is 201 Å². The molecular formula is C23H20FIN4O4. The quantitative estimate of drug-likeness (QED) is 0.279. The molecule has 0 radical (unpaired) electrons. The smallest absolute Gasteiger partial charge is 0.295 e. The summed E-state index contributed by atoms with van der Waals surface area (Å²) in [6, 6.07) is 14.7. The fourth-order valence-electron chi connectivity index (χ4n) is 3.30. The van der Waals surface area contributed by atoms with Crippen LogP contribution in [0.2, 0.25) is 0 Å². The van der Waals surface area contributed by atoms with Crippen molar-refractivity contribution in [2.45, 2.75) is 10.8 Å². The maximum absolute atomic E-state index is 13.8. The van der Waals surface area contributed by atoms with E-state index in [4.69, 9.17) is 9.47 Å². The molecule has 4 aromatic rings. The zero-order chi connectivity index (χ0) is 23.8. The van der Waals surface area contributed by atoms with E-state index in [9.17, 15) is 14.0 Å². The molecule has 0 fully saturated rings. The van der Waals surface area contributed by atoms with Crippen molar-refractivity contribution in [1.82, 2.24) is 14.3 Å². The second kappa shape index (κ2) is 8.85. The van der Waals surface area contributed by atoms with Crippen molar-refractivity contribution in [3.63, 3.8) is 0 Å². The molecule has 0 aliphatic heterocycles. The zero-order valence-corrected chi connectivity index (χ0v) is 20.2. The van der Waals surface area contributed by atoms with Gasteiger partial charge >= 0.3 is 0 Å². The standard InChI is InChI=1S/C23H20FIN4O4/c1-23(24,25)33-15-8-6-14(7-9-15)29-21(30)18-13-16(32-3)10-11-17(18)20(27-29)26-19-5-4-12-28(2)22(19)31/h4-13H,1-3H3,(H,26,27). The first-order chi connectivity index (χ1) is 15.7. The van der Waals surface area contributed by atoms with E-state index in [0.29, 0.717) is 39.5 Å². The summed E-state index contributed by atoms with van der Waals surface area (Å²) in [5.41, 5.74) is 0.125. The first kappa shape index (κ1) is 22.8. The van der Waals surface area contributed by atoms with Gasteiger partial charge < -0.3 is 19.4 Å². The van der Waals surface area contributed by atoms with Gasteiger partial charge in [-0.25, -0.2) is 0 Å². The van der Waals surface area contributed by atoms with Crippen LogP contribution >= 0.6 is 22.6 Å². The number of fused-ring (bicyclic) bond motifs is 1. The lowest BCUT2D eigenvalue weighted by molar-refractivity contribution is 0.0673. The Morgan fingerprint density at radius 1 is 1.03 bits per heavy atom. The Kier molecular flexibility index (Phi) is 6.11. The van der Waals surface area contributed by atoms with E-state index in [1.54, 1.807) is 67.8 Å². The minimum absolute atomic E-state index is 0.242. The van der Waals surface area contributed by atoms with Crippen molar-refractivity contribution in [1.29, 1.82) is 0 Å². The molecule has 10 heteroatoms. The van der Waals surface area contributed by atoms with Crippen LogP contribution in [0.15, 0.2) is 70.4 Å². The number of benzene rings is 2. The number of ether oxygens (including phenoxy) is 2. The lowest BCUT2D eigenvalue weighted by Gasteiger charge is -2.16. The summed E-state index contributed by atoms with van der Waals surface area (Å²) in [5.74, 6) is 1.13. The van der Waals surface area contributed by atoms with Crippen LogP contribution in [-0.4, -0.2) is 25.3 Å². The number of pyridine rings is 1. The Balaban J connectivity index is 1.88. The molecule has 0 saturated carbocycles. The number of hydrogen-bond donors (Lipinski definition) is 1. The summed E-state index contributed by atoms with van der Waals surface area (Å²) in [7, 11) is 3.16. The van der Waals surface area contributed by atoms with Gasteiger partial charge in [-0.3, -0.25) is 9.59 Å². The van der Waals surface area contributed by atoms with Crippen LogP contribution in [0.1, 0.15) is 6.92 Å². The van der Waals surface area contributed by atoms with Crippen LogP contribution in [0.3, 0.4) is 0 Å². The molecule has 0 bridgehead atoms. The molecule has 4 rings (SSSR count). The van der Waals surface area contributed by atoms with Crippen LogP contribution in [0.4, 0.5) is 15.9 Å². The number of nitrogens with one attached hydrogen (secondary N) is 1. The van der Waals surface area contributed by atoms with Gasteiger partial charge in [0.1, 0.15) is 17.2 Å². The predicted molar refractivity (Wildman–Crippen MR) is 133 cm³/mol. The number of halogens is 2. The molecule has 0 amide bonds. The normalized spacial score (nSPS) is 12.9. The minimum Gasteiger partial charge on any atom is -0.497 e. The van der Waals surface area contributed by atoms with Crippen LogP contribution in [-0.2, 0) is 7.05 Å². The Morgan fingerprint density at radius 2 is 1.73 bits per heavy atom. The van der Waals surface area contributed by atoms with Crippen molar-refractivity contribution in [2.75, 3.05) is 12.4 Å². The number of methoxy groups -OCH3 is 1. The number of nitrogens with zero attached hydrogens (tertiary/aromatic N) is 3. The molecule has 33 heavy (non-hydrogen) atoms. The van der Waals surface area contributed by atoms with Gasteiger partial charge in [-0.05, 0) is 54.6 Å². The van der Waals surface area contributed by atoms with Crippen molar-refractivity contribution in [2.24, 2.45) is 7.05 Å². The van der Waals surface area contributed by atoms with Gasteiger partial charge in [0, 0.05) is 48.1 Å². The van der Waals surface area contributed by atoms with Crippen LogP contribution in [0, 0.1) is 0 Å². The number of alkyl halides is 2. The molecule has 2 aromatic heterocycles. The van der Waals surface area contributed by atoms with E-state index in [0.717, 1.165) is 0 Å². The highest BCUT2D eigenvalue weighted by atomic mass is 127. The maximum Gasteiger partial charge on any atom is 0.295 e. The largest absolute Gasteiger partial charge is 0.497 e. The van der Waals surface area contributed by atoms with Crippen LogP contribution in [0.5, 0.6) is 11.5 Å². The molecule has 2 heterocycles. The fraction of sp³-hybridized carbons (Fsp3) is 0.174. The third-order valence-electron chi connectivity index (χ3n) is 4.86. The molecule has 0 saturated heterocycles. The van der Waals surface area contributed by atoms with E-state index in [1.807, 2.05) is 0 Å². The maximum atomic E-state index is 13.8. The van der Waals surface area contributed by atoms with Gasteiger partial charge in [0.05, 0.1) is 18.2 Å². The monoisotopic (exact) mass is 562 g/mol. The lowest BCUT2D eigenvalue weighted by atomic mass is 10.1. The summed E-state index contributed by atoms with van der Waals surface area (Å²) in [6.07, 6.45) is 1.65. The van der Waals surface area contributed by atoms with Crippen molar-refractivity contribution in [3.05, 3.63) is 81.5 Å². The first-order valence-corrected chi connectivity index (χ1v) is 11.0. The van der Waals surface area contributed by atoms with Crippen LogP contribution in [0.25, 0.3) is 16.5 Å². The number of hydrogen-bond acceptors (Lipinski definition) is 6. The molecule has 1 N–H and O–H groups in total. The van der Waals surface area contributed by atoms with Gasteiger partial charge in [0.2, 0.25) is 0 Å². The fourth-order valence-corrected chi connectivity index (χ4v) is 3.55. The molecule has 0 spiro atoms. The van der Waals surface area contributed by atoms with Crippen molar-refractivity contribution >= 4 is 44.9 Å². The molecule has 0 aliphatic rings. The highest BCUT2D eigenvalue weighted by Gasteiger charge is 2.20. The van der Waals surface area contributed by atoms with Crippen LogP contribution < -0.4 is 25.9 Å². The third kappa shape index (κ3) is 4.85. The van der Waals surface area contributed by atoms with E-state index in [-0.39, 0.29) is 11.1 Å². The summed E-state index contributed by atoms with van der Waals surface area (Å²) in [6.45, 7) is 1.29. The second-order valence-corrected chi connectivity index (χ2v) is 9.27. The predicted octanol–water partition coefficient (Wildman–Crippen LogP) is 4.29. The summed E-state index contributed by atoms with van der Waals surface area (Å²) >= 11 is 1.54. The SMILES string of the molecule is COc1ccc2c(Nc3cccn(C)c3=O)nn(-c3ccc(OC(C)(F)I)cc3)c(=O)c2c1. The average molecular weight is 562 g/mol. The molecule has 1 atom stereocenters. The molecule has 2 aromatic carbocycles. The number of aryl methyl sites for hydroxylation is 1. The van der Waals surface area contributed by atoms with E-state index >= 15 is 0 Å². The number of aromatic nitrogens is 3. The number of anilines is 2. The van der Waals surface area contributed by atoms with Gasteiger partial charge in [-0.1, -0.05) is 0 Å². The summed E-state index contributed by atoms with van der Waals surface area (Å²) in [5, 5.41) is 8.42. The molecule has 8 nitrogen and oxygen atoms in total. The third-order valence-corrected chi connectivity index (χ3v) is 5.08. The zero-order valence-electron chi connectivity index (χ0n) is 18.0. The van der Waals surface area contributed by atoms with Gasteiger partial charge in [0.25, 0.3) is 15.0 Å². The van der Waals surface area contributed by atoms with Gasteiger partial charge in [-0.2, -0.15) is 9.07 Å². The molecule has 1 unspecified atom stereocenters. The van der Waals surface area contributed by atoms with E-state index < -0.39 is 3.86 Å². The van der Waals surface area contributed by atoms with Gasteiger partial charge in [0.15, 0.2) is 5.82 Å². The summed E-state index contributed by atoms with van der Waals surface area (Å²) in [4.78, 5) is 25.8. The minimum atomic E-state index is -1.87. The first-order valence-electron chi connectivity index (χ1n) is 9.87.